The number of hydrazine groups is 1. The molecule has 5 nitrogen and oxygen atoms in total. The monoisotopic (exact) mass is 297 g/mol. The van der Waals surface area contributed by atoms with E-state index in [4.69, 9.17) is 5.84 Å². The van der Waals surface area contributed by atoms with Crippen molar-refractivity contribution in [2.45, 2.75) is 0 Å². The summed E-state index contributed by atoms with van der Waals surface area (Å²) in [5, 5.41) is 2.94. The summed E-state index contributed by atoms with van der Waals surface area (Å²) < 4.78 is 13.7. The molecular formula is C10H9BrFN5. The molecule has 4 N–H and O–H groups in total. The number of hydrogen-bond donors (Lipinski definition) is 3. The van der Waals surface area contributed by atoms with Crippen LogP contribution in [0.25, 0.3) is 0 Å². The third-order valence-corrected chi connectivity index (χ3v) is 2.62. The fourth-order valence-corrected chi connectivity index (χ4v) is 1.47. The standard InChI is InChI=1S/C10H9BrFN5/c11-7-2-1-6(5-8(7)12)15-9-3-4-14-10(16-9)17-13/h1-5H,13H2,(H2,14,15,16,17). The maximum absolute atomic E-state index is 13.3. The van der Waals surface area contributed by atoms with Crippen molar-refractivity contribution in [2.75, 3.05) is 10.7 Å². The summed E-state index contributed by atoms with van der Waals surface area (Å²) in [5.74, 6) is 5.65. The average molecular weight is 298 g/mol. The van der Waals surface area contributed by atoms with Crippen LogP contribution in [0.4, 0.5) is 21.8 Å². The van der Waals surface area contributed by atoms with Crippen LogP contribution in [0.15, 0.2) is 34.9 Å². The van der Waals surface area contributed by atoms with Crippen molar-refractivity contribution >= 4 is 33.4 Å². The number of nitrogens with zero attached hydrogens (tertiary/aromatic N) is 2. The van der Waals surface area contributed by atoms with Gasteiger partial charge in [-0.25, -0.2) is 15.2 Å². The Labute approximate surface area is 105 Å². The van der Waals surface area contributed by atoms with Gasteiger partial charge >= 0.3 is 0 Å². The van der Waals surface area contributed by atoms with Gasteiger partial charge in [-0.05, 0) is 40.2 Å². The van der Waals surface area contributed by atoms with E-state index in [0.29, 0.717) is 16.0 Å². The van der Waals surface area contributed by atoms with Crippen molar-refractivity contribution in [1.29, 1.82) is 0 Å². The molecule has 0 aliphatic carbocycles. The Balaban J connectivity index is 2.22. The zero-order valence-electron chi connectivity index (χ0n) is 8.61. The average Bonchev–Trinajstić information content (AvgIpc) is 2.34. The molecule has 1 heterocycles. The molecule has 0 saturated heterocycles. The lowest BCUT2D eigenvalue weighted by Gasteiger charge is -2.07. The Kier molecular flexibility index (Phi) is 3.50. The first-order valence-corrected chi connectivity index (χ1v) is 5.50. The van der Waals surface area contributed by atoms with Gasteiger partial charge in [0.15, 0.2) is 0 Å². The number of nitrogens with one attached hydrogen (secondary N) is 2. The summed E-state index contributed by atoms with van der Waals surface area (Å²) in [7, 11) is 0. The molecule has 0 amide bonds. The molecule has 0 saturated carbocycles. The first-order chi connectivity index (χ1) is 8.19. The second kappa shape index (κ2) is 5.07. The Morgan fingerprint density at radius 1 is 1.29 bits per heavy atom. The Hall–Kier alpha value is -1.73. The zero-order valence-corrected chi connectivity index (χ0v) is 10.2. The van der Waals surface area contributed by atoms with Crippen LogP contribution in [-0.2, 0) is 0 Å². The van der Waals surface area contributed by atoms with Gasteiger partial charge in [0.05, 0.1) is 4.47 Å². The molecule has 7 heteroatoms. The molecule has 2 rings (SSSR count). The molecule has 0 fully saturated rings. The van der Waals surface area contributed by atoms with Crippen LogP contribution in [0.1, 0.15) is 0 Å². The Morgan fingerprint density at radius 2 is 2.12 bits per heavy atom. The number of rotatable bonds is 3. The first kappa shape index (κ1) is 11.7. The van der Waals surface area contributed by atoms with Crippen LogP contribution in [0, 0.1) is 5.82 Å². The van der Waals surface area contributed by atoms with E-state index in [1.54, 1.807) is 24.4 Å². The van der Waals surface area contributed by atoms with E-state index < -0.39 is 0 Å². The van der Waals surface area contributed by atoms with Gasteiger partial charge < -0.3 is 5.32 Å². The highest BCUT2D eigenvalue weighted by Crippen LogP contribution is 2.21. The maximum atomic E-state index is 13.3. The first-order valence-electron chi connectivity index (χ1n) is 4.71. The molecule has 0 radical (unpaired) electrons. The molecule has 0 atom stereocenters. The number of nitrogens with two attached hydrogens (primary N) is 1. The minimum Gasteiger partial charge on any atom is -0.340 e. The van der Waals surface area contributed by atoms with Gasteiger partial charge in [0.2, 0.25) is 5.95 Å². The van der Waals surface area contributed by atoms with Crippen molar-refractivity contribution < 1.29 is 4.39 Å². The van der Waals surface area contributed by atoms with E-state index >= 15 is 0 Å². The van der Waals surface area contributed by atoms with Crippen molar-refractivity contribution in [1.82, 2.24) is 9.97 Å². The lowest BCUT2D eigenvalue weighted by atomic mass is 10.3. The zero-order chi connectivity index (χ0) is 12.3. The minimum absolute atomic E-state index is 0.285. The van der Waals surface area contributed by atoms with Crippen LogP contribution >= 0.6 is 15.9 Å². The number of aromatic nitrogens is 2. The third-order valence-electron chi connectivity index (χ3n) is 1.98. The molecule has 17 heavy (non-hydrogen) atoms. The molecule has 88 valence electrons. The van der Waals surface area contributed by atoms with E-state index in [1.807, 2.05) is 0 Å². The Morgan fingerprint density at radius 3 is 2.82 bits per heavy atom. The van der Waals surface area contributed by atoms with Crippen molar-refractivity contribution in [3.8, 4) is 0 Å². The molecule has 1 aromatic carbocycles. The quantitative estimate of drug-likeness (QED) is 0.599. The van der Waals surface area contributed by atoms with Gasteiger partial charge in [0.1, 0.15) is 11.6 Å². The van der Waals surface area contributed by atoms with E-state index in [0.717, 1.165) is 0 Å². The van der Waals surface area contributed by atoms with Crippen LogP contribution in [0.5, 0.6) is 0 Å². The Bertz CT molecular complexity index is 534. The van der Waals surface area contributed by atoms with Gasteiger partial charge in [-0.15, -0.1) is 0 Å². The van der Waals surface area contributed by atoms with E-state index in [2.05, 4.69) is 36.6 Å². The molecule has 0 aliphatic heterocycles. The predicted octanol–water partition coefficient (Wildman–Crippen LogP) is 2.41. The van der Waals surface area contributed by atoms with Gasteiger partial charge in [-0.2, -0.15) is 4.98 Å². The summed E-state index contributed by atoms with van der Waals surface area (Å²) >= 11 is 3.08. The number of benzene rings is 1. The number of halogens is 2. The second-order valence-electron chi connectivity index (χ2n) is 3.16. The summed E-state index contributed by atoms with van der Waals surface area (Å²) in [5.41, 5.74) is 2.92. The van der Waals surface area contributed by atoms with Gasteiger partial charge in [-0.1, -0.05) is 0 Å². The minimum atomic E-state index is -0.346. The van der Waals surface area contributed by atoms with E-state index in [9.17, 15) is 4.39 Å². The highest BCUT2D eigenvalue weighted by Gasteiger charge is 2.02. The predicted molar refractivity (Wildman–Crippen MR) is 67.2 cm³/mol. The summed E-state index contributed by atoms with van der Waals surface area (Å²) in [4.78, 5) is 7.91. The van der Waals surface area contributed by atoms with Gasteiger partial charge in [-0.3, -0.25) is 5.43 Å². The van der Waals surface area contributed by atoms with Crippen molar-refractivity contribution in [3.05, 3.63) is 40.8 Å². The smallest absolute Gasteiger partial charge is 0.239 e. The number of hydrogen-bond acceptors (Lipinski definition) is 5. The summed E-state index contributed by atoms with van der Waals surface area (Å²) in [6, 6.07) is 6.36. The molecular weight excluding hydrogens is 289 g/mol. The molecule has 0 bridgehead atoms. The molecule has 2 aromatic rings. The van der Waals surface area contributed by atoms with Crippen molar-refractivity contribution in [2.24, 2.45) is 5.84 Å². The SMILES string of the molecule is NNc1nccc(Nc2ccc(Br)c(F)c2)n1. The molecule has 0 unspecified atom stereocenters. The van der Waals surface area contributed by atoms with Gasteiger partial charge in [0.25, 0.3) is 0 Å². The normalized spacial score (nSPS) is 10.1. The second-order valence-corrected chi connectivity index (χ2v) is 4.02. The fourth-order valence-electron chi connectivity index (χ4n) is 1.22. The van der Waals surface area contributed by atoms with Crippen LogP contribution in [-0.4, -0.2) is 9.97 Å². The topological polar surface area (TPSA) is 75.9 Å². The van der Waals surface area contributed by atoms with Crippen molar-refractivity contribution in [3.63, 3.8) is 0 Å². The van der Waals surface area contributed by atoms with Crippen LogP contribution in [0.2, 0.25) is 0 Å². The van der Waals surface area contributed by atoms with E-state index in [-0.39, 0.29) is 11.8 Å². The number of anilines is 3. The molecule has 0 aliphatic rings. The highest BCUT2D eigenvalue weighted by atomic mass is 79.9. The highest BCUT2D eigenvalue weighted by molar-refractivity contribution is 9.10. The lowest BCUT2D eigenvalue weighted by Crippen LogP contribution is -2.10. The maximum Gasteiger partial charge on any atom is 0.239 e. The number of nitrogen functional groups attached to an aromatic ring is 1. The summed E-state index contributed by atoms with van der Waals surface area (Å²) in [6.45, 7) is 0. The lowest BCUT2D eigenvalue weighted by molar-refractivity contribution is 0.622. The van der Waals surface area contributed by atoms with Crippen LogP contribution < -0.4 is 16.6 Å². The largest absolute Gasteiger partial charge is 0.340 e. The molecule has 0 spiro atoms. The summed E-state index contributed by atoms with van der Waals surface area (Å²) in [6.07, 6.45) is 1.54. The third kappa shape index (κ3) is 2.89. The van der Waals surface area contributed by atoms with Crippen LogP contribution in [0.3, 0.4) is 0 Å². The fraction of sp³-hybridized carbons (Fsp3) is 0. The van der Waals surface area contributed by atoms with E-state index in [1.165, 1.54) is 6.07 Å². The molecule has 1 aromatic heterocycles. The van der Waals surface area contributed by atoms with Gasteiger partial charge in [0, 0.05) is 11.9 Å².